The molecule has 1 amide bonds. The van der Waals surface area contributed by atoms with E-state index in [1.165, 1.54) is 16.7 Å². The van der Waals surface area contributed by atoms with E-state index < -0.39 is 15.2 Å². The highest BCUT2D eigenvalue weighted by molar-refractivity contribution is 7.48. The van der Waals surface area contributed by atoms with Gasteiger partial charge in [-0.05, 0) is 36.0 Å². The molecular formula is C19H26NOSi2. The molecule has 23 heavy (non-hydrogen) atoms. The zero-order chi connectivity index (χ0) is 16.7. The van der Waals surface area contributed by atoms with E-state index >= 15 is 0 Å². The van der Waals surface area contributed by atoms with Crippen LogP contribution in [-0.4, -0.2) is 21.1 Å². The second-order valence-electron chi connectivity index (χ2n) is 8.73. The summed E-state index contributed by atoms with van der Waals surface area (Å²) in [4.78, 5) is 12.7. The lowest BCUT2D eigenvalue weighted by Gasteiger charge is -2.74. The first-order valence-corrected chi connectivity index (χ1v) is 15.8. The maximum absolute atomic E-state index is 12.7. The highest BCUT2D eigenvalue weighted by Crippen LogP contribution is 2.78. The predicted molar refractivity (Wildman–Crippen MR) is 100 cm³/mol. The van der Waals surface area contributed by atoms with E-state index in [-0.39, 0.29) is 16.0 Å². The van der Waals surface area contributed by atoms with Crippen molar-refractivity contribution >= 4 is 27.2 Å². The van der Waals surface area contributed by atoms with Crippen LogP contribution in [0, 0.1) is 0 Å². The molecule has 4 heteroatoms. The normalized spacial score (nSPS) is 35.5. The van der Waals surface area contributed by atoms with Crippen LogP contribution >= 0.6 is 0 Å². The van der Waals surface area contributed by atoms with E-state index in [2.05, 4.69) is 56.5 Å². The van der Waals surface area contributed by atoms with Crippen molar-refractivity contribution in [2.45, 2.75) is 61.9 Å². The average molecular weight is 341 g/mol. The summed E-state index contributed by atoms with van der Waals surface area (Å²) < 4.78 is 0. The first-order valence-electron chi connectivity index (χ1n) is 8.79. The predicted octanol–water partition coefficient (Wildman–Crippen LogP) is 4.28. The summed E-state index contributed by atoms with van der Waals surface area (Å²) in [6, 6.07) is 6.70. The monoisotopic (exact) mass is 340 g/mol. The Hall–Kier alpha value is -1.14. The van der Waals surface area contributed by atoms with Gasteiger partial charge in [0.15, 0.2) is 0 Å². The fourth-order valence-electron chi connectivity index (χ4n) is 6.70. The van der Waals surface area contributed by atoms with Gasteiger partial charge in [-0.1, -0.05) is 63.0 Å². The van der Waals surface area contributed by atoms with E-state index in [1.54, 1.807) is 0 Å². The van der Waals surface area contributed by atoms with Gasteiger partial charge in [-0.15, -0.1) is 0 Å². The topological polar surface area (TPSA) is 40.9 Å². The number of amides is 1. The number of hydrogen-bond donors (Lipinski definition) is 0. The van der Waals surface area contributed by atoms with Gasteiger partial charge in [0.05, 0.1) is 15.2 Å². The minimum atomic E-state index is -1.73. The number of hydrogen-bond acceptors (Lipinski definition) is 1. The molecule has 3 aliphatic rings. The molecular weight excluding hydrogens is 314 g/mol. The van der Waals surface area contributed by atoms with E-state index in [9.17, 15) is 4.79 Å². The van der Waals surface area contributed by atoms with Gasteiger partial charge in [0.2, 0.25) is 5.91 Å². The van der Waals surface area contributed by atoms with Crippen molar-refractivity contribution in [2.75, 3.05) is 0 Å². The van der Waals surface area contributed by atoms with E-state index in [0.29, 0.717) is 0 Å². The number of benzene rings is 1. The molecule has 2 nitrogen and oxygen atoms in total. The molecule has 0 bridgehead atoms. The van der Waals surface area contributed by atoms with E-state index in [0.717, 1.165) is 25.7 Å². The third kappa shape index (κ3) is 1.32. The standard InChI is InChI=1S/C19H26NOSi2/c1-22(2)18(16-11-6-9-14-8-5-10-15(14)16)12-7-13-19(18,17(20)21)23(22,3)4/h5-6,9-11,20H,7-8,12-13H2,1-4H3. The van der Waals surface area contributed by atoms with Crippen LogP contribution in [0.15, 0.2) is 24.3 Å². The van der Waals surface area contributed by atoms with Crippen molar-refractivity contribution in [3.05, 3.63) is 41.0 Å². The van der Waals surface area contributed by atoms with Crippen LogP contribution in [0.25, 0.3) is 6.08 Å². The Morgan fingerprint density at radius 2 is 1.87 bits per heavy atom. The molecule has 2 unspecified atom stereocenters. The summed E-state index contributed by atoms with van der Waals surface area (Å²) in [5.41, 5.74) is 12.5. The number of nitrogens with one attached hydrogen (secondary N) is 1. The maximum atomic E-state index is 12.7. The Morgan fingerprint density at radius 1 is 1.13 bits per heavy atom. The van der Waals surface area contributed by atoms with Gasteiger partial charge in [-0.2, -0.15) is 0 Å². The van der Waals surface area contributed by atoms with Crippen LogP contribution in [-0.2, 0) is 16.3 Å². The molecule has 4 rings (SSSR count). The molecule has 1 radical (unpaired) electrons. The van der Waals surface area contributed by atoms with Crippen LogP contribution in [0.3, 0.4) is 0 Å². The number of carbonyl (C=O) groups is 1. The zero-order valence-corrected chi connectivity index (χ0v) is 16.6. The lowest BCUT2D eigenvalue weighted by atomic mass is 9.82. The summed E-state index contributed by atoms with van der Waals surface area (Å²) in [5.74, 6) is -0.252. The fourth-order valence-corrected chi connectivity index (χ4v) is 24.7. The molecule has 2 atom stereocenters. The van der Waals surface area contributed by atoms with Crippen LogP contribution in [0.4, 0.5) is 0 Å². The fraction of sp³-hybridized carbons (Fsp3) is 0.526. The Bertz CT molecular complexity index is 752. The zero-order valence-electron chi connectivity index (χ0n) is 14.6. The molecule has 1 N–H and O–H groups in total. The minimum absolute atomic E-state index is 0.00851. The number of allylic oxidation sites excluding steroid dienone is 1. The molecule has 2 aliphatic carbocycles. The molecule has 121 valence electrons. The Kier molecular flexibility index (Phi) is 2.86. The Balaban J connectivity index is 2.05. The minimum Gasteiger partial charge on any atom is -0.273 e. The van der Waals surface area contributed by atoms with Gasteiger partial charge in [0.25, 0.3) is 0 Å². The van der Waals surface area contributed by atoms with Gasteiger partial charge in [0, 0.05) is 10.1 Å². The van der Waals surface area contributed by atoms with Crippen LogP contribution < -0.4 is 5.73 Å². The van der Waals surface area contributed by atoms with Gasteiger partial charge < -0.3 is 0 Å². The molecule has 1 saturated heterocycles. The number of rotatable bonds is 2. The lowest BCUT2D eigenvalue weighted by Crippen LogP contribution is -2.88. The SMILES string of the molecule is C[Si]1(C)C2(C([NH])=O)CCCC2(c2cccc3c2C=CC3)[Si]1(C)C. The van der Waals surface area contributed by atoms with Crippen molar-refractivity contribution in [3.63, 3.8) is 0 Å². The van der Waals surface area contributed by atoms with Crippen molar-refractivity contribution in [1.82, 2.24) is 5.73 Å². The molecule has 0 spiro atoms. The Morgan fingerprint density at radius 3 is 2.57 bits per heavy atom. The van der Waals surface area contributed by atoms with Crippen molar-refractivity contribution in [3.8, 4) is 0 Å². The third-order valence-electron chi connectivity index (χ3n) is 8.19. The molecule has 1 aromatic carbocycles. The molecule has 1 aromatic rings. The first kappa shape index (κ1) is 15.4. The van der Waals surface area contributed by atoms with Crippen LogP contribution in [0.2, 0.25) is 31.2 Å². The molecule has 1 aliphatic heterocycles. The van der Waals surface area contributed by atoms with Gasteiger partial charge in [-0.3, -0.25) is 10.5 Å². The third-order valence-corrected chi connectivity index (χ3v) is 29.6. The van der Waals surface area contributed by atoms with Crippen molar-refractivity contribution in [1.29, 1.82) is 0 Å². The lowest BCUT2D eigenvalue weighted by molar-refractivity contribution is -0.123. The molecule has 1 saturated carbocycles. The quantitative estimate of drug-likeness (QED) is 0.741. The van der Waals surface area contributed by atoms with E-state index in [1.807, 2.05) is 0 Å². The number of carbonyl (C=O) groups excluding carboxylic acids is 1. The highest BCUT2D eigenvalue weighted by Gasteiger charge is 2.85. The average Bonchev–Trinajstić information content (AvgIpc) is 3.11. The van der Waals surface area contributed by atoms with Crippen LogP contribution in [0.1, 0.15) is 36.0 Å². The van der Waals surface area contributed by atoms with Gasteiger partial charge >= 0.3 is 0 Å². The van der Waals surface area contributed by atoms with Crippen molar-refractivity contribution in [2.24, 2.45) is 0 Å². The van der Waals surface area contributed by atoms with Gasteiger partial charge in [0.1, 0.15) is 0 Å². The summed E-state index contributed by atoms with van der Waals surface area (Å²) in [7, 11) is -3.34. The summed E-state index contributed by atoms with van der Waals surface area (Å²) in [6.45, 7) is 9.86. The molecule has 2 fully saturated rings. The molecule has 0 aromatic heterocycles. The Labute approximate surface area is 141 Å². The first-order chi connectivity index (χ1) is 10.7. The van der Waals surface area contributed by atoms with Crippen LogP contribution in [0.5, 0.6) is 0 Å². The van der Waals surface area contributed by atoms with E-state index in [4.69, 9.17) is 5.73 Å². The smallest absolute Gasteiger partial charge is 0.242 e. The largest absolute Gasteiger partial charge is 0.273 e. The second-order valence-corrected chi connectivity index (χ2v) is 24.4. The second kappa shape index (κ2) is 4.28. The summed E-state index contributed by atoms with van der Waals surface area (Å²) in [6.07, 6.45) is 8.73. The van der Waals surface area contributed by atoms with Crippen molar-refractivity contribution < 1.29 is 4.79 Å². The highest BCUT2D eigenvalue weighted by atomic mass is 29.3. The number of fused-ring (bicyclic) bond motifs is 2. The summed E-state index contributed by atoms with van der Waals surface area (Å²) in [5, 5.41) is -0.324. The molecule has 1 heterocycles. The van der Waals surface area contributed by atoms with Gasteiger partial charge in [-0.25, -0.2) is 0 Å². The summed E-state index contributed by atoms with van der Waals surface area (Å²) >= 11 is 0. The maximum Gasteiger partial charge on any atom is 0.242 e.